The summed E-state index contributed by atoms with van der Waals surface area (Å²) in [6.45, 7) is 0.712. The van der Waals surface area contributed by atoms with Crippen molar-refractivity contribution in [3.8, 4) is 5.75 Å². The van der Waals surface area contributed by atoms with E-state index in [2.05, 4.69) is 15.6 Å². The van der Waals surface area contributed by atoms with Crippen LogP contribution in [0.25, 0.3) is 21.7 Å². The molecule has 2 aliphatic heterocycles. The first-order chi connectivity index (χ1) is 22.9. The average molecular weight is 630 g/mol. The Bertz CT molecular complexity index is 1970. The van der Waals surface area contributed by atoms with Crippen LogP contribution in [0.1, 0.15) is 30.5 Å². The number of hydrogen-bond donors (Lipinski definition) is 3. The van der Waals surface area contributed by atoms with Crippen LogP contribution >= 0.6 is 0 Å². The highest BCUT2D eigenvalue weighted by molar-refractivity contribution is 5.98. The van der Waals surface area contributed by atoms with Crippen molar-refractivity contribution in [1.29, 1.82) is 0 Å². The van der Waals surface area contributed by atoms with Gasteiger partial charge in [0.2, 0.25) is 11.8 Å². The second-order valence-corrected chi connectivity index (χ2v) is 12.0. The quantitative estimate of drug-likeness (QED) is 0.165. The van der Waals surface area contributed by atoms with Gasteiger partial charge in [-0.25, -0.2) is 4.79 Å². The number of esters is 1. The van der Waals surface area contributed by atoms with Crippen molar-refractivity contribution in [1.82, 2.24) is 20.1 Å². The van der Waals surface area contributed by atoms with Gasteiger partial charge in [0.1, 0.15) is 17.8 Å². The van der Waals surface area contributed by atoms with Crippen LogP contribution in [0.4, 0.5) is 10.5 Å². The number of likely N-dealkylation sites (tertiary alicyclic amines) is 1. The van der Waals surface area contributed by atoms with Crippen molar-refractivity contribution < 1.29 is 23.9 Å². The number of benzene rings is 4. The smallest absolute Gasteiger partial charge is 0.322 e. The molecule has 0 saturated carbocycles. The van der Waals surface area contributed by atoms with Crippen LogP contribution in [0.2, 0.25) is 0 Å². The van der Waals surface area contributed by atoms with E-state index in [1.807, 2.05) is 72.8 Å². The first kappa shape index (κ1) is 30.0. The minimum atomic E-state index is -0.809. The van der Waals surface area contributed by atoms with Gasteiger partial charge in [-0.05, 0) is 59.5 Å². The summed E-state index contributed by atoms with van der Waals surface area (Å²) < 4.78 is 5.31. The Morgan fingerprint density at radius 2 is 1.60 bits per heavy atom. The number of hydrogen-bond acceptors (Lipinski definition) is 5. The minimum Gasteiger partial charge on any atom is -0.426 e. The van der Waals surface area contributed by atoms with Crippen LogP contribution in [-0.2, 0) is 27.3 Å². The summed E-state index contributed by atoms with van der Waals surface area (Å²) in [5, 5.41) is 8.90. The third kappa shape index (κ3) is 6.27. The van der Waals surface area contributed by atoms with Gasteiger partial charge < -0.3 is 30.2 Å². The van der Waals surface area contributed by atoms with Gasteiger partial charge in [-0.3, -0.25) is 14.4 Å². The summed E-state index contributed by atoms with van der Waals surface area (Å²) in [6, 6.07) is 28.4. The van der Waals surface area contributed by atoms with E-state index in [0.29, 0.717) is 37.2 Å². The van der Waals surface area contributed by atoms with Crippen LogP contribution in [0.15, 0.2) is 97.1 Å². The van der Waals surface area contributed by atoms with Gasteiger partial charge in [-0.1, -0.05) is 66.7 Å². The molecule has 7 rings (SSSR count). The molecule has 2 atom stereocenters. The molecule has 4 aromatic carbocycles. The summed E-state index contributed by atoms with van der Waals surface area (Å²) in [6.07, 6.45) is 1.48. The highest BCUT2D eigenvalue weighted by atomic mass is 16.5. The maximum Gasteiger partial charge on any atom is 0.322 e. The molecule has 47 heavy (non-hydrogen) atoms. The Hall–Kier alpha value is -5.64. The van der Waals surface area contributed by atoms with Crippen LogP contribution in [0.3, 0.4) is 0 Å². The van der Waals surface area contributed by atoms with E-state index in [4.69, 9.17) is 4.74 Å². The van der Waals surface area contributed by atoms with Crippen LogP contribution in [0, 0.1) is 0 Å². The highest BCUT2D eigenvalue weighted by Gasteiger charge is 2.43. The van der Waals surface area contributed by atoms with Crippen molar-refractivity contribution in [2.75, 3.05) is 18.4 Å². The molecule has 0 bridgehead atoms. The van der Waals surface area contributed by atoms with E-state index >= 15 is 0 Å². The lowest BCUT2D eigenvalue weighted by Crippen LogP contribution is -2.57. The standard InChI is InChI=1S/C37H35N5O5/c43-34(47-27-11-2-1-3-12-27)18-19-38-35(44)32-15-8-20-41(32)36(45)33-22-29-28-13-6-7-14-30(28)40-31(29)23-42(33)37(46)39-26-17-16-24-9-4-5-10-25(24)21-26/h1-7,9-14,16-17,21,32-33,40H,8,15,18-20,22-23H2,(H,38,44)(H,39,46)/t32-,33+/m0/s1. The zero-order chi connectivity index (χ0) is 32.3. The number of para-hydroxylation sites is 2. The molecule has 4 amide bonds. The topological polar surface area (TPSA) is 124 Å². The number of anilines is 1. The largest absolute Gasteiger partial charge is 0.426 e. The number of nitrogens with one attached hydrogen (secondary N) is 3. The van der Waals surface area contributed by atoms with E-state index in [-0.39, 0.29) is 37.4 Å². The van der Waals surface area contributed by atoms with E-state index < -0.39 is 18.1 Å². The Labute approximate surface area is 271 Å². The minimum absolute atomic E-state index is 0.00398. The lowest BCUT2D eigenvalue weighted by atomic mass is 9.95. The zero-order valence-corrected chi connectivity index (χ0v) is 25.8. The number of urea groups is 1. The second kappa shape index (κ2) is 13.0. The van der Waals surface area contributed by atoms with Crippen molar-refractivity contribution in [3.05, 3.63) is 108 Å². The summed E-state index contributed by atoms with van der Waals surface area (Å²) in [5.74, 6) is -0.605. The van der Waals surface area contributed by atoms with Crippen molar-refractivity contribution >= 4 is 51.2 Å². The third-order valence-electron chi connectivity index (χ3n) is 8.99. The van der Waals surface area contributed by atoms with E-state index in [0.717, 1.165) is 32.9 Å². The Balaban J connectivity index is 1.08. The summed E-state index contributed by atoms with van der Waals surface area (Å²) >= 11 is 0. The normalized spacial score (nSPS) is 17.4. The predicted octanol–water partition coefficient (Wildman–Crippen LogP) is 5.38. The van der Waals surface area contributed by atoms with Crippen molar-refractivity contribution in [2.45, 2.75) is 44.3 Å². The molecule has 0 unspecified atom stereocenters. The highest BCUT2D eigenvalue weighted by Crippen LogP contribution is 2.33. The number of aromatic amines is 1. The Morgan fingerprint density at radius 3 is 2.45 bits per heavy atom. The summed E-state index contributed by atoms with van der Waals surface area (Å²) in [4.78, 5) is 60.5. The number of fused-ring (bicyclic) bond motifs is 4. The van der Waals surface area contributed by atoms with Crippen molar-refractivity contribution in [3.63, 3.8) is 0 Å². The molecular formula is C37H35N5O5. The zero-order valence-electron chi connectivity index (χ0n) is 25.8. The molecule has 0 radical (unpaired) electrons. The lowest BCUT2D eigenvalue weighted by Gasteiger charge is -2.38. The fourth-order valence-corrected chi connectivity index (χ4v) is 6.68. The van der Waals surface area contributed by atoms with Crippen LogP contribution < -0.4 is 15.4 Å². The maximum atomic E-state index is 14.4. The van der Waals surface area contributed by atoms with Gasteiger partial charge in [0, 0.05) is 41.8 Å². The van der Waals surface area contributed by atoms with E-state index in [9.17, 15) is 19.2 Å². The van der Waals surface area contributed by atoms with E-state index in [1.165, 1.54) is 0 Å². The van der Waals surface area contributed by atoms with Gasteiger partial charge in [0.05, 0.1) is 13.0 Å². The molecule has 0 spiro atoms. The second-order valence-electron chi connectivity index (χ2n) is 12.0. The molecule has 10 nitrogen and oxygen atoms in total. The number of rotatable bonds is 7. The third-order valence-corrected chi connectivity index (χ3v) is 8.99. The number of ether oxygens (including phenoxy) is 1. The number of carbonyl (C=O) groups is 4. The average Bonchev–Trinajstić information content (AvgIpc) is 3.73. The molecule has 1 saturated heterocycles. The Kier molecular flexibility index (Phi) is 8.31. The molecular weight excluding hydrogens is 594 g/mol. The summed E-state index contributed by atoms with van der Waals surface area (Å²) in [5.41, 5.74) is 3.48. The van der Waals surface area contributed by atoms with Gasteiger partial charge in [-0.2, -0.15) is 0 Å². The van der Waals surface area contributed by atoms with E-state index in [1.54, 1.807) is 34.1 Å². The SMILES string of the molecule is O=C(CCNC(=O)[C@@H]1CCCN1C(=O)[C@H]1Cc2c([nH]c3ccccc23)CN1C(=O)Nc1ccc2ccccc2c1)Oc1ccccc1. The monoisotopic (exact) mass is 629 g/mol. The van der Waals surface area contributed by atoms with Gasteiger partial charge in [-0.15, -0.1) is 0 Å². The molecule has 238 valence electrons. The number of nitrogens with zero attached hydrogens (tertiary/aromatic N) is 2. The fraction of sp³-hybridized carbons (Fsp3) is 0.243. The number of amides is 4. The number of aromatic nitrogens is 1. The van der Waals surface area contributed by atoms with Gasteiger partial charge in [0.25, 0.3) is 0 Å². The number of H-pyrrole nitrogens is 1. The predicted molar refractivity (Wildman–Crippen MR) is 179 cm³/mol. The van der Waals surface area contributed by atoms with Gasteiger partial charge >= 0.3 is 12.0 Å². The molecule has 1 aromatic heterocycles. The van der Waals surface area contributed by atoms with Crippen molar-refractivity contribution in [2.24, 2.45) is 0 Å². The van der Waals surface area contributed by atoms with Gasteiger partial charge in [0.15, 0.2) is 0 Å². The fourth-order valence-electron chi connectivity index (χ4n) is 6.68. The molecule has 3 N–H and O–H groups in total. The Morgan fingerprint density at radius 1 is 0.830 bits per heavy atom. The molecule has 0 aliphatic carbocycles. The molecule has 5 aromatic rings. The first-order valence-corrected chi connectivity index (χ1v) is 15.9. The maximum absolute atomic E-state index is 14.4. The first-order valence-electron chi connectivity index (χ1n) is 15.9. The van der Waals surface area contributed by atoms with Crippen LogP contribution in [-0.4, -0.2) is 63.8 Å². The number of carbonyl (C=O) groups excluding carboxylic acids is 4. The molecule has 3 heterocycles. The van der Waals surface area contributed by atoms with Crippen LogP contribution in [0.5, 0.6) is 5.75 Å². The summed E-state index contributed by atoms with van der Waals surface area (Å²) in [7, 11) is 0. The molecule has 2 aliphatic rings. The molecule has 1 fully saturated rings. The lowest BCUT2D eigenvalue weighted by molar-refractivity contribution is -0.142. The molecule has 10 heteroatoms.